The predicted molar refractivity (Wildman–Crippen MR) is 115 cm³/mol. The second kappa shape index (κ2) is 10.4. The van der Waals surface area contributed by atoms with Crippen molar-refractivity contribution in [1.29, 1.82) is 0 Å². The molecule has 2 aromatic carbocycles. The van der Waals surface area contributed by atoms with Crippen LogP contribution in [-0.2, 0) is 16.6 Å². The molecule has 158 valence electrons. The zero-order valence-electron chi connectivity index (χ0n) is 17.5. The van der Waals surface area contributed by atoms with Gasteiger partial charge in [0, 0.05) is 24.7 Å². The van der Waals surface area contributed by atoms with Crippen molar-refractivity contribution in [3.63, 3.8) is 0 Å². The van der Waals surface area contributed by atoms with Crippen LogP contribution in [0.25, 0.3) is 0 Å². The van der Waals surface area contributed by atoms with E-state index in [9.17, 15) is 13.2 Å². The Hall–Kier alpha value is -2.38. The van der Waals surface area contributed by atoms with Crippen molar-refractivity contribution in [2.24, 2.45) is 0 Å². The first-order valence-corrected chi connectivity index (χ1v) is 11.3. The number of nitrogens with one attached hydrogen (secondary N) is 1. The number of sulfonamides is 1. The third-order valence-corrected chi connectivity index (χ3v) is 6.66. The van der Waals surface area contributed by atoms with Gasteiger partial charge in [0.15, 0.2) is 0 Å². The number of hydrogen-bond acceptors (Lipinski definition) is 4. The van der Waals surface area contributed by atoms with E-state index in [1.807, 2.05) is 6.92 Å². The number of ether oxygens (including phenoxy) is 1. The fourth-order valence-corrected chi connectivity index (χ4v) is 4.48. The Morgan fingerprint density at radius 3 is 2.21 bits per heavy atom. The summed E-state index contributed by atoms with van der Waals surface area (Å²) in [6, 6.07) is 13.5. The molecule has 1 atom stereocenters. The number of carbonyl (C=O) groups is 1. The van der Waals surface area contributed by atoms with Crippen LogP contribution in [0.5, 0.6) is 5.75 Å². The number of methoxy groups -OCH3 is 1. The first-order chi connectivity index (χ1) is 13.8. The third kappa shape index (κ3) is 6.05. The molecule has 2 aromatic rings. The van der Waals surface area contributed by atoms with Gasteiger partial charge in [0.2, 0.25) is 10.0 Å². The van der Waals surface area contributed by atoms with E-state index in [0.717, 1.165) is 18.4 Å². The van der Waals surface area contributed by atoms with Gasteiger partial charge in [-0.1, -0.05) is 32.4 Å². The largest absolute Gasteiger partial charge is 0.497 e. The van der Waals surface area contributed by atoms with Crippen LogP contribution in [0.15, 0.2) is 53.4 Å². The van der Waals surface area contributed by atoms with E-state index in [-0.39, 0.29) is 23.4 Å². The first kappa shape index (κ1) is 22.9. The molecule has 6 nitrogen and oxygen atoms in total. The Kier molecular flexibility index (Phi) is 8.22. The lowest BCUT2D eigenvalue weighted by atomic mass is 10.1. The number of rotatable bonds is 10. The monoisotopic (exact) mass is 418 g/mol. The molecule has 2 rings (SSSR count). The number of carbonyl (C=O) groups excluding carboxylic acids is 1. The molecule has 0 radical (unpaired) electrons. The normalized spacial score (nSPS) is 12.6. The fourth-order valence-electron chi connectivity index (χ4n) is 3.04. The van der Waals surface area contributed by atoms with Gasteiger partial charge in [-0.3, -0.25) is 4.79 Å². The van der Waals surface area contributed by atoms with Crippen LogP contribution in [-0.4, -0.2) is 38.3 Å². The highest BCUT2D eigenvalue weighted by Gasteiger charge is 2.23. The van der Waals surface area contributed by atoms with E-state index < -0.39 is 10.0 Å². The highest BCUT2D eigenvalue weighted by Crippen LogP contribution is 2.21. The van der Waals surface area contributed by atoms with Crippen molar-refractivity contribution in [2.45, 2.75) is 51.1 Å². The average Bonchev–Trinajstić information content (AvgIpc) is 2.72. The van der Waals surface area contributed by atoms with Crippen LogP contribution in [0.4, 0.5) is 0 Å². The highest BCUT2D eigenvalue weighted by molar-refractivity contribution is 7.89. The number of hydrogen-bond donors (Lipinski definition) is 1. The Balaban J connectivity index is 2.11. The molecular weight excluding hydrogens is 388 g/mol. The Morgan fingerprint density at radius 2 is 1.69 bits per heavy atom. The third-order valence-electron chi connectivity index (χ3n) is 4.72. The molecule has 0 spiro atoms. The topological polar surface area (TPSA) is 75.7 Å². The molecule has 0 aliphatic carbocycles. The van der Waals surface area contributed by atoms with E-state index >= 15 is 0 Å². The maximum Gasteiger partial charge on any atom is 0.251 e. The molecule has 0 bridgehead atoms. The summed E-state index contributed by atoms with van der Waals surface area (Å²) >= 11 is 0. The van der Waals surface area contributed by atoms with Crippen LogP contribution >= 0.6 is 0 Å². The Bertz CT molecular complexity index is 893. The second-order valence-electron chi connectivity index (χ2n) is 6.97. The smallest absolute Gasteiger partial charge is 0.251 e. The second-order valence-corrected chi connectivity index (χ2v) is 8.90. The summed E-state index contributed by atoms with van der Waals surface area (Å²) in [5, 5.41) is 2.97. The van der Waals surface area contributed by atoms with Crippen molar-refractivity contribution >= 4 is 15.9 Å². The molecule has 7 heteroatoms. The summed E-state index contributed by atoms with van der Waals surface area (Å²) in [5.41, 5.74) is 1.39. The van der Waals surface area contributed by atoms with Crippen LogP contribution in [0, 0.1) is 0 Å². The minimum atomic E-state index is -3.62. The van der Waals surface area contributed by atoms with Crippen LogP contribution in [0.3, 0.4) is 0 Å². The summed E-state index contributed by atoms with van der Waals surface area (Å²) in [6.07, 6.45) is 1.94. The molecular formula is C22H30N2O4S. The van der Waals surface area contributed by atoms with E-state index in [0.29, 0.717) is 17.9 Å². The van der Waals surface area contributed by atoms with Gasteiger partial charge in [0.1, 0.15) is 5.75 Å². The molecule has 0 aliphatic heterocycles. The fraction of sp³-hybridized carbons (Fsp3) is 0.409. The maximum atomic E-state index is 12.9. The minimum Gasteiger partial charge on any atom is -0.497 e. The SMILES string of the molecule is CCC[C@H](C)NC(=O)c1ccc(CN(CC)S(=O)(=O)c2ccc(OC)cc2)cc1. The van der Waals surface area contributed by atoms with Gasteiger partial charge in [0.05, 0.1) is 12.0 Å². The average molecular weight is 419 g/mol. The van der Waals surface area contributed by atoms with E-state index in [1.54, 1.807) is 55.5 Å². The summed E-state index contributed by atoms with van der Waals surface area (Å²) < 4.78 is 32.4. The minimum absolute atomic E-state index is 0.115. The van der Waals surface area contributed by atoms with Gasteiger partial charge in [-0.15, -0.1) is 0 Å². The molecule has 0 fully saturated rings. The maximum absolute atomic E-state index is 12.9. The lowest BCUT2D eigenvalue weighted by Crippen LogP contribution is -2.32. The van der Waals surface area contributed by atoms with Crippen molar-refractivity contribution in [3.05, 3.63) is 59.7 Å². The first-order valence-electron chi connectivity index (χ1n) is 9.85. The van der Waals surface area contributed by atoms with Crippen LogP contribution in [0.1, 0.15) is 49.5 Å². The van der Waals surface area contributed by atoms with Crippen LogP contribution < -0.4 is 10.1 Å². The molecule has 0 aromatic heterocycles. The number of amides is 1. The van der Waals surface area contributed by atoms with E-state index in [1.165, 1.54) is 11.4 Å². The summed E-state index contributed by atoms with van der Waals surface area (Å²) in [6.45, 7) is 6.44. The lowest BCUT2D eigenvalue weighted by Gasteiger charge is -2.21. The Labute approximate surface area is 173 Å². The molecule has 1 N–H and O–H groups in total. The molecule has 0 saturated carbocycles. The quantitative estimate of drug-likeness (QED) is 0.636. The highest BCUT2D eigenvalue weighted by atomic mass is 32.2. The van der Waals surface area contributed by atoms with E-state index in [4.69, 9.17) is 4.74 Å². The molecule has 0 aliphatic rings. The predicted octanol–water partition coefficient (Wildman–Crippen LogP) is 3.82. The van der Waals surface area contributed by atoms with Gasteiger partial charge >= 0.3 is 0 Å². The molecule has 0 unspecified atom stereocenters. The molecule has 0 saturated heterocycles. The summed E-state index contributed by atoms with van der Waals surface area (Å²) in [7, 11) is -2.09. The standard InChI is InChI=1S/C22H30N2O4S/c1-5-7-17(3)23-22(25)19-10-8-18(9-11-19)16-24(6-2)29(26,27)21-14-12-20(28-4)13-15-21/h8-15,17H,5-7,16H2,1-4H3,(H,23,25)/t17-/m0/s1. The lowest BCUT2D eigenvalue weighted by molar-refractivity contribution is 0.0938. The molecule has 1 amide bonds. The number of nitrogens with zero attached hydrogens (tertiary/aromatic N) is 1. The van der Waals surface area contributed by atoms with Crippen molar-refractivity contribution in [2.75, 3.05) is 13.7 Å². The molecule has 0 heterocycles. The van der Waals surface area contributed by atoms with Gasteiger partial charge in [0.25, 0.3) is 5.91 Å². The molecule has 29 heavy (non-hydrogen) atoms. The van der Waals surface area contributed by atoms with Crippen LogP contribution in [0.2, 0.25) is 0 Å². The van der Waals surface area contributed by atoms with E-state index in [2.05, 4.69) is 12.2 Å². The van der Waals surface area contributed by atoms with Crippen molar-refractivity contribution in [3.8, 4) is 5.75 Å². The van der Waals surface area contributed by atoms with Gasteiger partial charge in [-0.05, 0) is 55.3 Å². The van der Waals surface area contributed by atoms with Crippen molar-refractivity contribution in [1.82, 2.24) is 9.62 Å². The zero-order valence-corrected chi connectivity index (χ0v) is 18.3. The summed E-state index contributed by atoms with van der Waals surface area (Å²) in [5.74, 6) is 0.491. The summed E-state index contributed by atoms with van der Waals surface area (Å²) in [4.78, 5) is 12.5. The Morgan fingerprint density at radius 1 is 1.07 bits per heavy atom. The van der Waals surface area contributed by atoms with Gasteiger partial charge in [-0.25, -0.2) is 8.42 Å². The van der Waals surface area contributed by atoms with Gasteiger partial charge in [-0.2, -0.15) is 4.31 Å². The van der Waals surface area contributed by atoms with Crippen molar-refractivity contribution < 1.29 is 17.9 Å². The van der Waals surface area contributed by atoms with Gasteiger partial charge < -0.3 is 10.1 Å². The number of benzene rings is 2. The zero-order chi connectivity index (χ0) is 21.4.